The van der Waals surface area contributed by atoms with Crippen LogP contribution in [0.25, 0.3) is 0 Å². The number of amides is 1. The SMILES string of the molecule is NC1(CNC(=O)c2cccc(F)c2F)CCC1. The Morgan fingerprint density at radius 3 is 2.71 bits per heavy atom. The number of carbonyl (C=O) groups is 1. The standard InChI is InChI=1S/C12H14F2N2O/c13-9-4-1-3-8(10(9)14)11(17)16-7-12(15)5-2-6-12/h1,3-4H,2,5-7,15H2,(H,16,17). The van der Waals surface area contributed by atoms with Crippen LogP contribution in [0.2, 0.25) is 0 Å². The van der Waals surface area contributed by atoms with Crippen LogP contribution in [0.3, 0.4) is 0 Å². The van der Waals surface area contributed by atoms with E-state index in [1.54, 1.807) is 0 Å². The molecule has 92 valence electrons. The summed E-state index contributed by atoms with van der Waals surface area (Å²) in [6.45, 7) is 0.293. The Balaban J connectivity index is 2.02. The second kappa shape index (κ2) is 4.41. The Labute approximate surface area is 98.0 Å². The fourth-order valence-electron chi connectivity index (χ4n) is 1.84. The molecule has 0 aliphatic heterocycles. The van der Waals surface area contributed by atoms with Crippen molar-refractivity contribution in [2.45, 2.75) is 24.8 Å². The van der Waals surface area contributed by atoms with E-state index >= 15 is 0 Å². The minimum absolute atomic E-state index is 0.284. The molecule has 0 aromatic heterocycles. The topological polar surface area (TPSA) is 55.1 Å². The van der Waals surface area contributed by atoms with Crippen molar-refractivity contribution in [3.63, 3.8) is 0 Å². The Morgan fingerprint density at radius 2 is 2.12 bits per heavy atom. The van der Waals surface area contributed by atoms with E-state index in [2.05, 4.69) is 5.32 Å². The Morgan fingerprint density at radius 1 is 1.41 bits per heavy atom. The fourth-order valence-corrected chi connectivity index (χ4v) is 1.84. The number of halogens is 2. The summed E-state index contributed by atoms with van der Waals surface area (Å²) in [5, 5.41) is 2.54. The average Bonchev–Trinajstić information content (AvgIpc) is 2.27. The van der Waals surface area contributed by atoms with Gasteiger partial charge in [0.15, 0.2) is 11.6 Å². The zero-order valence-electron chi connectivity index (χ0n) is 9.30. The molecule has 0 spiro atoms. The van der Waals surface area contributed by atoms with Gasteiger partial charge in [0.25, 0.3) is 5.91 Å². The van der Waals surface area contributed by atoms with Crippen LogP contribution in [0.15, 0.2) is 18.2 Å². The minimum Gasteiger partial charge on any atom is -0.350 e. The van der Waals surface area contributed by atoms with Gasteiger partial charge >= 0.3 is 0 Å². The molecule has 1 aliphatic rings. The van der Waals surface area contributed by atoms with Gasteiger partial charge in [-0.2, -0.15) is 0 Å². The first-order valence-corrected chi connectivity index (χ1v) is 5.53. The summed E-state index contributed by atoms with van der Waals surface area (Å²) in [5.74, 6) is -2.77. The molecule has 3 nitrogen and oxygen atoms in total. The highest BCUT2D eigenvalue weighted by Crippen LogP contribution is 2.28. The van der Waals surface area contributed by atoms with Crippen LogP contribution in [0.1, 0.15) is 29.6 Å². The van der Waals surface area contributed by atoms with Gasteiger partial charge in [0.2, 0.25) is 0 Å². The van der Waals surface area contributed by atoms with Crippen molar-refractivity contribution in [2.24, 2.45) is 5.73 Å². The number of benzene rings is 1. The molecule has 0 unspecified atom stereocenters. The van der Waals surface area contributed by atoms with E-state index in [9.17, 15) is 13.6 Å². The summed E-state index contributed by atoms with van der Waals surface area (Å²) in [4.78, 5) is 11.6. The van der Waals surface area contributed by atoms with Crippen LogP contribution in [-0.2, 0) is 0 Å². The monoisotopic (exact) mass is 240 g/mol. The fraction of sp³-hybridized carbons (Fsp3) is 0.417. The first-order valence-electron chi connectivity index (χ1n) is 5.53. The lowest BCUT2D eigenvalue weighted by molar-refractivity contribution is 0.0924. The molecule has 1 amide bonds. The van der Waals surface area contributed by atoms with E-state index in [-0.39, 0.29) is 11.1 Å². The van der Waals surface area contributed by atoms with Gasteiger partial charge in [0.1, 0.15) is 0 Å². The van der Waals surface area contributed by atoms with E-state index in [1.807, 2.05) is 0 Å². The molecule has 1 aliphatic carbocycles. The van der Waals surface area contributed by atoms with E-state index in [4.69, 9.17) is 5.73 Å². The Hall–Kier alpha value is -1.49. The minimum atomic E-state index is -1.12. The summed E-state index contributed by atoms with van der Waals surface area (Å²) >= 11 is 0. The highest BCUT2D eigenvalue weighted by Gasteiger charge is 2.32. The summed E-state index contributed by atoms with van der Waals surface area (Å²) in [5.41, 5.74) is 5.25. The number of nitrogens with two attached hydrogens (primary N) is 1. The lowest BCUT2D eigenvalue weighted by Crippen LogP contribution is -2.55. The van der Waals surface area contributed by atoms with E-state index in [0.29, 0.717) is 6.54 Å². The first-order chi connectivity index (χ1) is 8.02. The molecular formula is C12H14F2N2O. The van der Waals surface area contributed by atoms with Crippen molar-refractivity contribution in [3.8, 4) is 0 Å². The molecule has 1 aromatic rings. The highest BCUT2D eigenvalue weighted by atomic mass is 19.2. The molecule has 0 atom stereocenters. The van der Waals surface area contributed by atoms with Gasteiger partial charge in [-0.05, 0) is 31.4 Å². The van der Waals surface area contributed by atoms with Gasteiger partial charge in [-0.3, -0.25) is 4.79 Å². The normalized spacial score (nSPS) is 17.4. The molecule has 0 bridgehead atoms. The van der Waals surface area contributed by atoms with Crippen molar-refractivity contribution in [1.29, 1.82) is 0 Å². The van der Waals surface area contributed by atoms with Crippen molar-refractivity contribution in [1.82, 2.24) is 5.32 Å². The third-order valence-electron chi connectivity index (χ3n) is 3.15. The number of hydrogen-bond acceptors (Lipinski definition) is 2. The number of carbonyl (C=O) groups excluding carboxylic acids is 1. The predicted molar refractivity (Wildman–Crippen MR) is 59.5 cm³/mol. The molecular weight excluding hydrogens is 226 g/mol. The first kappa shape index (κ1) is 12.0. The second-order valence-corrected chi connectivity index (χ2v) is 4.50. The predicted octanol–water partition coefficient (Wildman–Crippen LogP) is 1.58. The third-order valence-corrected chi connectivity index (χ3v) is 3.15. The molecule has 5 heteroatoms. The van der Waals surface area contributed by atoms with Gasteiger partial charge < -0.3 is 11.1 Å². The van der Waals surface area contributed by atoms with E-state index in [1.165, 1.54) is 12.1 Å². The number of hydrogen-bond donors (Lipinski definition) is 2. The van der Waals surface area contributed by atoms with Crippen LogP contribution < -0.4 is 11.1 Å². The molecule has 1 aromatic carbocycles. The zero-order chi connectivity index (χ0) is 12.5. The van der Waals surface area contributed by atoms with E-state index in [0.717, 1.165) is 25.3 Å². The average molecular weight is 240 g/mol. The largest absolute Gasteiger partial charge is 0.350 e. The third kappa shape index (κ3) is 2.44. The number of rotatable bonds is 3. The maximum atomic E-state index is 13.3. The zero-order valence-corrected chi connectivity index (χ0v) is 9.30. The molecule has 17 heavy (non-hydrogen) atoms. The Bertz CT molecular complexity index is 444. The van der Waals surface area contributed by atoms with Gasteiger partial charge in [-0.1, -0.05) is 6.07 Å². The van der Waals surface area contributed by atoms with Crippen molar-refractivity contribution < 1.29 is 13.6 Å². The van der Waals surface area contributed by atoms with E-state index < -0.39 is 17.5 Å². The molecule has 0 radical (unpaired) electrons. The summed E-state index contributed by atoms with van der Waals surface area (Å²) in [6.07, 6.45) is 2.73. The molecule has 3 N–H and O–H groups in total. The van der Waals surface area contributed by atoms with Crippen LogP contribution in [-0.4, -0.2) is 18.0 Å². The molecule has 1 saturated carbocycles. The lowest BCUT2D eigenvalue weighted by Gasteiger charge is -2.38. The van der Waals surface area contributed by atoms with Gasteiger partial charge in [-0.25, -0.2) is 8.78 Å². The quantitative estimate of drug-likeness (QED) is 0.842. The second-order valence-electron chi connectivity index (χ2n) is 4.50. The van der Waals surface area contributed by atoms with Crippen LogP contribution in [0.5, 0.6) is 0 Å². The van der Waals surface area contributed by atoms with Crippen LogP contribution >= 0.6 is 0 Å². The molecule has 0 heterocycles. The smallest absolute Gasteiger partial charge is 0.254 e. The van der Waals surface area contributed by atoms with Gasteiger partial charge in [0.05, 0.1) is 5.56 Å². The maximum absolute atomic E-state index is 13.3. The lowest BCUT2D eigenvalue weighted by atomic mass is 9.78. The van der Waals surface area contributed by atoms with Crippen molar-refractivity contribution in [2.75, 3.05) is 6.54 Å². The Kier molecular flexibility index (Phi) is 3.11. The summed E-state index contributed by atoms with van der Waals surface area (Å²) in [6, 6.07) is 3.52. The van der Waals surface area contributed by atoms with Crippen LogP contribution in [0, 0.1) is 11.6 Å². The maximum Gasteiger partial charge on any atom is 0.254 e. The number of nitrogens with one attached hydrogen (secondary N) is 1. The van der Waals surface area contributed by atoms with Crippen molar-refractivity contribution >= 4 is 5.91 Å². The molecule has 2 rings (SSSR count). The van der Waals surface area contributed by atoms with Crippen molar-refractivity contribution in [3.05, 3.63) is 35.4 Å². The summed E-state index contributed by atoms with van der Waals surface area (Å²) in [7, 11) is 0. The molecule has 0 saturated heterocycles. The van der Waals surface area contributed by atoms with Crippen LogP contribution in [0.4, 0.5) is 8.78 Å². The summed E-state index contributed by atoms with van der Waals surface area (Å²) < 4.78 is 26.2. The van der Waals surface area contributed by atoms with Gasteiger partial charge in [0, 0.05) is 12.1 Å². The highest BCUT2D eigenvalue weighted by molar-refractivity contribution is 5.94. The molecule has 1 fully saturated rings. The van der Waals surface area contributed by atoms with Gasteiger partial charge in [-0.15, -0.1) is 0 Å².